The molecule has 0 aromatic heterocycles. The van der Waals surface area contributed by atoms with E-state index in [2.05, 4.69) is 70.4 Å². The molecule has 2 aliphatic heterocycles. The van der Waals surface area contributed by atoms with Gasteiger partial charge in [-0.2, -0.15) is 11.8 Å². The summed E-state index contributed by atoms with van der Waals surface area (Å²) in [4.78, 5) is 9.71. The zero-order valence-electron chi connectivity index (χ0n) is 17.3. The van der Waals surface area contributed by atoms with Crippen LogP contribution in [0.1, 0.15) is 30.9 Å². The average Bonchev–Trinajstić information content (AvgIpc) is 3.21. The highest BCUT2D eigenvalue weighted by Gasteiger charge is 2.16. The molecule has 0 amide bonds. The molecule has 0 aliphatic carbocycles. The highest BCUT2D eigenvalue weighted by molar-refractivity contribution is 14.0. The Morgan fingerprint density at radius 3 is 2.46 bits per heavy atom. The van der Waals surface area contributed by atoms with Crippen LogP contribution in [-0.4, -0.2) is 73.1 Å². The molecule has 2 heterocycles. The molecule has 158 valence electrons. The van der Waals surface area contributed by atoms with Crippen molar-refractivity contribution in [1.82, 2.24) is 20.4 Å². The number of rotatable bonds is 7. The van der Waals surface area contributed by atoms with E-state index in [4.69, 9.17) is 4.99 Å². The SMILES string of the molecule is CCNC(=NCc1ccc(CN2CCN(C)CC2)cc1)NCC1CCCS1.I. The Labute approximate surface area is 192 Å². The lowest BCUT2D eigenvalue weighted by Gasteiger charge is -2.32. The van der Waals surface area contributed by atoms with E-state index < -0.39 is 0 Å². The van der Waals surface area contributed by atoms with E-state index in [1.54, 1.807) is 0 Å². The van der Waals surface area contributed by atoms with E-state index in [1.807, 2.05) is 0 Å². The second-order valence-electron chi connectivity index (χ2n) is 7.61. The number of halogens is 1. The van der Waals surface area contributed by atoms with E-state index in [0.29, 0.717) is 0 Å². The lowest BCUT2D eigenvalue weighted by molar-refractivity contribution is 0.148. The van der Waals surface area contributed by atoms with Crippen molar-refractivity contribution in [2.24, 2.45) is 4.99 Å². The predicted octanol–water partition coefficient (Wildman–Crippen LogP) is 3.00. The smallest absolute Gasteiger partial charge is 0.191 e. The maximum atomic E-state index is 4.77. The lowest BCUT2D eigenvalue weighted by Crippen LogP contribution is -2.43. The molecule has 0 bridgehead atoms. The lowest BCUT2D eigenvalue weighted by atomic mass is 10.1. The number of guanidine groups is 1. The van der Waals surface area contributed by atoms with Crippen molar-refractivity contribution in [3.05, 3.63) is 35.4 Å². The van der Waals surface area contributed by atoms with E-state index >= 15 is 0 Å². The van der Waals surface area contributed by atoms with Crippen molar-refractivity contribution in [2.75, 3.05) is 52.1 Å². The van der Waals surface area contributed by atoms with Gasteiger partial charge in [-0.3, -0.25) is 4.90 Å². The summed E-state index contributed by atoms with van der Waals surface area (Å²) in [5.74, 6) is 2.24. The molecule has 2 aliphatic rings. The first-order valence-corrected chi connectivity index (χ1v) is 11.4. The number of nitrogens with zero attached hydrogens (tertiary/aromatic N) is 3. The molecule has 0 spiro atoms. The molecule has 2 fully saturated rings. The zero-order valence-corrected chi connectivity index (χ0v) is 20.5. The fourth-order valence-electron chi connectivity index (χ4n) is 3.54. The monoisotopic (exact) mass is 517 g/mol. The number of hydrogen-bond acceptors (Lipinski definition) is 4. The fraction of sp³-hybridized carbons (Fsp3) is 0.667. The Kier molecular flexibility index (Phi) is 11.0. The Bertz CT molecular complexity index is 581. The second-order valence-corrected chi connectivity index (χ2v) is 9.02. The number of likely N-dealkylation sites (N-methyl/N-ethyl adjacent to an activating group) is 1. The van der Waals surface area contributed by atoms with Gasteiger partial charge in [0.1, 0.15) is 0 Å². The number of thioether (sulfide) groups is 1. The van der Waals surface area contributed by atoms with Crippen LogP contribution in [0.3, 0.4) is 0 Å². The van der Waals surface area contributed by atoms with Crippen molar-refractivity contribution in [1.29, 1.82) is 0 Å². The van der Waals surface area contributed by atoms with Gasteiger partial charge in [0.25, 0.3) is 0 Å². The number of piperazine rings is 1. The van der Waals surface area contributed by atoms with Gasteiger partial charge < -0.3 is 15.5 Å². The number of nitrogens with one attached hydrogen (secondary N) is 2. The molecular weight excluding hydrogens is 481 g/mol. The first-order chi connectivity index (χ1) is 13.2. The average molecular weight is 518 g/mol. The minimum Gasteiger partial charge on any atom is -0.357 e. The van der Waals surface area contributed by atoms with Gasteiger partial charge in [-0.25, -0.2) is 4.99 Å². The molecule has 3 rings (SSSR count). The molecule has 0 saturated carbocycles. The molecule has 5 nitrogen and oxygen atoms in total. The van der Waals surface area contributed by atoms with Crippen molar-refractivity contribution in [3.8, 4) is 0 Å². The van der Waals surface area contributed by atoms with E-state index in [0.717, 1.165) is 37.4 Å². The molecule has 1 aromatic carbocycles. The normalized spacial score (nSPS) is 21.4. The Morgan fingerprint density at radius 1 is 1.11 bits per heavy atom. The zero-order chi connectivity index (χ0) is 18.9. The van der Waals surface area contributed by atoms with Gasteiger partial charge in [0, 0.05) is 51.1 Å². The van der Waals surface area contributed by atoms with Crippen LogP contribution in [0.25, 0.3) is 0 Å². The van der Waals surface area contributed by atoms with E-state index in [9.17, 15) is 0 Å². The Hall–Kier alpha value is -0.510. The first-order valence-electron chi connectivity index (χ1n) is 10.4. The number of aliphatic imine (C=N–C) groups is 1. The third kappa shape index (κ3) is 8.08. The predicted molar refractivity (Wildman–Crippen MR) is 133 cm³/mol. The van der Waals surface area contributed by atoms with E-state index in [1.165, 1.54) is 55.9 Å². The maximum Gasteiger partial charge on any atom is 0.191 e. The summed E-state index contributed by atoms with van der Waals surface area (Å²) in [7, 11) is 2.20. The highest BCUT2D eigenvalue weighted by Crippen LogP contribution is 2.25. The highest BCUT2D eigenvalue weighted by atomic mass is 127. The quantitative estimate of drug-likeness (QED) is 0.331. The second kappa shape index (κ2) is 12.9. The van der Waals surface area contributed by atoms with E-state index in [-0.39, 0.29) is 24.0 Å². The minimum absolute atomic E-state index is 0. The third-order valence-electron chi connectivity index (χ3n) is 5.31. The first kappa shape index (κ1) is 23.8. The van der Waals surface area contributed by atoms with Gasteiger partial charge in [-0.1, -0.05) is 24.3 Å². The Balaban J connectivity index is 0.00000280. The fourth-order valence-corrected chi connectivity index (χ4v) is 4.74. The summed E-state index contributed by atoms with van der Waals surface area (Å²) < 4.78 is 0. The number of benzene rings is 1. The molecule has 2 N–H and O–H groups in total. The summed E-state index contributed by atoms with van der Waals surface area (Å²) in [5, 5.41) is 7.61. The van der Waals surface area contributed by atoms with Crippen LogP contribution in [-0.2, 0) is 13.1 Å². The minimum atomic E-state index is 0. The Morgan fingerprint density at radius 2 is 1.82 bits per heavy atom. The van der Waals surface area contributed by atoms with Crippen molar-refractivity contribution >= 4 is 41.7 Å². The standard InChI is InChI=1S/C21H35N5S.HI/c1-3-22-21(24-16-20-5-4-14-27-20)23-15-18-6-8-19(9-7-18)17-26-12-10-25(2)11-13-26;/h6-9,20H,3-5,10-17H2,1-2H3,(H2,22,23,24);1H. The van der Waals surface area contributed by atoms with Gasteiger partial charge in [-0.05, 0) is 43.7 Å². The topological polar surface area (TPSA) is 42.9 Å². The van der Waals surface area contributed by atoms with Gasteiger partial charge in [0.15, 0.2) is 5.96 Å². The number of hydrogen-bond donors (Lipinski definition) is 2. The van der Waals surface area contributed by atoms with Gasteiger partial charge in [0.2, 0.25) is 0 Å². The van der Waals surface area contributed by atoms with Crippen LogP contribution < -0.4 is 10.6 Å². The van der Waals surface area contributed by atoms with Crippen molar-refractivity contribution < 1.29 is 0 Å². The van der Waals surface area contributed by atoms with Crippen LogP contribution in [0.2, 0.25) is 0 Å². The van der Waals surface area contributed by atoms with Gasteiger partial charge in [-0.15, -0.1) is 24.0 Å². The summed E-state index contributed by atoms with van der Waals surface area (Å²) in [6.07, 6.45) is 2.68. The summed E-state index contributed by atoms with van der Waals surface area (Å²) in [5.41, 5.74) is 2.67. The van der Waals surface area contributed by atoms with Crippen molar-refractivity contribution in [3.63, 3.8) is 0 Å². The summed E-state index contributed by atoms with van der Waals surface area (Å²) in [6.45, 7) is 10.5. The van der Waals surface area contributed by atoms with Crippen LogP contribution in [0.5, 0.6) is 0 Å². The molecule has 28 heavy (non-hydrogen) atoms. The molecule has 1 atom stereocenters. The third-order valence-corrected chi connectivity index (χ3v) is 6.71. The largest absolute Gasteiger partial charge is 0.357 e. The van der Waals surface area contributed by atoms with Crippen LogP contribution in [0, 0.1) is 0 Å². The molecule has 0 radical (unpaired) electrons. The molecule has 7 heteroatoms. The molecule has 1 unspecified atom stereocenters. The van der Waals surface area contributed by atoms with Crippen LogP contribution in [0.15, 0.2) is 29.3 Å². The van der Waals surface area contributed by atoms with Crippen molar-refractivity contribution in [2.45, 2.75) is 38.1 Å². The van der Waals surface area contributed by atoms with Gasteiger partial charge >= 0.3 is 0 Å². The molecular formula is C21H36IN5S. The summed E-state index contributed by atoms with van der Waals surface area (Å²) >= 11 is 2.08. The van der Waals surface area contributed by atoms with Crippen LogP contribution in [0.4, 0.5) is 0 Å². The maximum absolute atomic E-state index is 4.77. The van der Waals surface area contributed by atoms with Crippen LogP contribution >= 0.6 is 35.7 Å². The summed E-state index contributed by atoms with van der Waals surface area (Å²) in [6, 6.07) is 8.98. The molecule has 1 aromatic rings. The van der Waals surface area contributed by atoms with Gasteiger partial charge in [0.05, 0.1) is 6.54 Å². The molecule has 2 saturated heterocycles.